The van der Waals surface area contributed by atoms with E-state index >= 15 is 0 Å². The standard InChI is InChI=1S/C16H13BrClNO/c17-13-5-6-15-12(9-13)4-7-16(20)19(15)10-11-2-1-3-14(18)8-11/h1-3,5-6,8-9H,4,7,10H2. The molecule has 3 rings (SSSR count). The molecule has 0 saturated heterocycles. The average molecular weight is 351 g/mol. The number of carbonyl (C=O) groups is 1. The second-order valence-corrected chi connectivity index (χ2v) is 6.23. The Morgan fingerprint density at radius 3 is 2.80 bits per heavy atom. The van der Waals surface area contributed by atoms with E-state index in [0.29, 0.717) is 18.0 Å². The zero-order chi connectivity index (χ0) is 14.1. The number of amides is 1. The van der Waals surface area contributed by atoms with E-state index < -0.39 is 0 Å². The van der Waals surface area contributed by atoms with Crippen LogP contribution in [-0.4, -0.2) is 5.91 Å². The van der Waals surface area contributed by atoms with Crippen molar-refractivity contribution in [2.24, 2.45) is 0 Å². The Hall–Kier alpha value is -1.32. The number of hydrogen-bond donors (Lipinski definition) is 0. The normalized spacial score (nSPS) is 14.3. The first-order valence-electron chi connectivity index (χ1n) is 6.47. The van der Waals surface area contributed by atoms with Crippen LogP contribution < -0.4 is 4.90 Å². The molecule has 2 aromatic carbocycles. The molecule has 0 fully saturated rings. The van der Waals surface area contributed by atoms with E-state index in [9.17, 15) is 4.79 Å². The highest BCUT2D eigenvalue weighted by Gasteiger charge is 2.24. The van der Waals surface area contributed by atoms with Gasteiger partial charge in [0.2, 0.25) is 5.91 Å². The Kier molecular flexibility index (Phi) is 3.81. The summed E-state index contributed by atoms with van der Waals surface area (Å²) in [7, 11) is 0. The van der Waals surface area contributed by atoms with Crippen LogP contribution >= 0.6 is 27.5 Å². The molecule has 0 spiro atoms. The summed E-state index contributed by atoms with van der Waals surface area (Å²) in [6, 6.07) is 13.7. The van der Waals surface area contributed by atoms with E-state index in [2.05, 4.69) is 22.0 Å². The number of anilines is 1. The van der Waals surface area contributed by atoms with Gasteiger partial charge in [0.25, 0.3) is 0 Å². The van der Waals surface area contributed by atoms with Gasteiger partial charge in [0.15, 0.2) is 0 Å². The highest BCUT2D eigenvalue weighted by atomic mass is 79.9. The van der Waals surface area contributed by atoms with Crippen molar-refractivity contribution in [3.63, 3.8) is 0 Å². The lowest BCUT2D eigenvalue weighted by molar-refractivity contribution is -0.119. The Morgan fingerprint density at radius 2 is 2.00 bits per heavy atom. The van der Waals surface area contributed by atoms with Crippen LogP contribution in [0.15, 0.2) is 46.9 Å². The molecule has 102 valence electrons. The van der Waals surface area contributed by atoms with Crippen molar-refractivity contribution < 1.29 is 4.79 Å². The third-order valence-corrected chi connectivity index (χ3v) is 4.20. The minimum atomic E-state index is 0.166. The second-order valence-electron chi connectivity index (χ2n) is 4.88. The van der Waals surface area contributed by atoms with E-state index in [1.165, 1.54) is 5.56 Å². The van der Waals surface area contributed by atoms with Gasteiger partial charge in [-0.3, -0.25) is 4.79 Å². The number of rotatable bonds is 2. The first-order valence-corrected chi connectivity index (χ1v) is 7.64. The van der Waals surface area contributed by atoms with Crippen LogP contribution in [0.3, 0.4) is 0 Å². The van der Waals surface area contributed by atoms with E-state index in [-0.39, 0.29) is 5.91 Å². The van der Waals surface area contributed by atoms with Gasteiger partial charge >= 0.3 is 0 Å². The van der Waals surface area contributed by atoms with Crippen molar-refractivity contribution in [3.8, 4) is 0 Å². The van der Waals surface area contributed by atoms with Gasteiger partial charge in [-0.05, 0) is 47.9 Å². The molecule has 20 heavy (non-hydrogen) atoms. The molecule has 0 aromatic heterocycles. The molecule has 0 N–H and O–H groups in total. The third kappa shape index (κ3) is 2.74. The molecule has 1 heterocycles. The molecular weight excluding hydrogens is 338 g/mol. The first kappa shape index (κ1) is 13.7. The van der Waals surface area contributed by atoms with Crippen LogP contribution in [0.25, 0.3) is 0 Å². The molecule has 0 radical (unpaired) electrons. The summed E-state index contributed by atoms with van der Waals surface area (Å²) < 4.78 is 1.05. The SMILES string of the molecule is O=C1CCc2cc(Br)ccc2N1Cc1cccc(Cl)c1. The maximum atomic E-state index is 12.2. The largest absolute Gasteiger partial charge is 0.308 e. The van der Waals surface area contributed by atoms with Crippen molar-refractivity contribution in [1.82, 2.24) is 0 Å². The lowest BCUT2D eigenvalue weighted by Crippen LogP contribution is -2.34. The van der Waals surface area contributed by atoms with E-state index in [4.69, 9.17) is 11.6 Å². The van der Waals surface area contributed by atoms with Crippen LogP contribution in [0.5, 0.6) is 0 Å². The van der Waals surface area contributed by atoms with Crippen LogP contribution in [0, 0.1) is 0 Å². The summed E-state index contributed by atoms with van der Waals surface area (Å²) in [6.45, 7) is 0.564. The van der Waals surface area contributed by atoms with Crippen molar-refractivity contribution in [3.05, 3.63) is 63.1 Å². The summed E-state index contributed by atoms with van der Waals surface area (Å²) in [5.41, 5.74) is 3.26. The molecule has 0 aliphatic carbocycles. The Balaban J connectivity index is 1.95. The molecule has 0 bridgehead atoms. The first-order chi connectivity index (χ1) is 9.63. The fraction of sp³-hybridized carbons (Fsp3) is 0.188. The summed E-state index contributed by atoms with van der Waals surface area (Å²) in [5.74, 6) is 0.166. The molecule has 0 unspecified atom stereocenters. The minimum Gasteiger partial charge on any atom is -0.308 e. The molecule has 2 aromatic rings. The molecule has 1 aliphatic rings. The maximum Gasteiger partial charge on any atom is 0.227 e. The van der Waals surface area contributed by atoms with Crippen LogP contribution in [0.4, 0.5) is 5.69 Å². The smallest absolute Gasteiger partial charge is 0.227 e. The number of hydrogen-bond acceptors (Lipinski definition) is 1. The third-order valence-electron chi connectivity index (χ3n) is 3.47. The monoisotopic (exact) mass is 349 g/mol. The second kappa shape index (κ2) is 5.58. The lowest BCUT2D eigenvalue weighted by atomic mass is 10.0. The molecule has 0 atom stereocenters. The van der Waals surface area contributed by atoms with Crippen LogP contribution in [0.1, 0.15) is 17.5 Å². The van der Waals surface area contributed by atoms with Gasteiger partial charge in [-0.25, -0.2) is 0 Å². The van der Waals surface area contributed by atoms with Crippen molar-refractivity contribution in [1.29, 1.82) is 0 Å². The molecule has 2 nitrogen and oxygen atoms in total. The van der Waals surface area contributed by atoms with Gasteiger partial charge in [0.05, 0.1) is 6.54 Å². The van der Waals surface area contributed by atoms with Crippen LogP contribution in [0.2, 0.25) is 5.02 Å². The molecule has 0 saturated carbocycles. The van der Waals surface area contributed by atoms with Crippen molar-refractivity contribution in [2.45, 2.75) is 19.4 Å². The maximum absolute atomic E-state index is 12.2. The van der Waals surface area contributed by atoms with Gasteiger partial charge in [-0.15, -0.1) is 0 Å². The number of nitrogens with zero attached hydrogens (tertiary/aromatic N) is 1. The van der Waals surface area contributed by atoms with Gasteiger partial charge in [0.1, 0.15) is 0 Å². The van der Waals surface area contributed by atoms with Crippen LogP contribution in [-0.2, 0) is 17.8 Å². The number of benzene rings is 2. The number of fused-ring (bicyclic) bond motifs is 1. The summed E-state index contributed by atoms with van der Waals surface area (Å²) in [6.07, 6.45) is 1.36. The van der Waals surface area contributed by atoms with Gasteiger partial charge < -0.3 is 4.90 Å². The van der Waals surface area contributed by atoms with Gasteiger partial charge in [-0.1, -0.05) is 39.7 Å². The fourth-order valence-corrected chi connectivity index (χ4v) is 3.14. The predicted octanol–water partition coefficient (Wildman–Crippen LogP) is 4.58. The molecule has 4 heteroatoms. The quantitative estimate of drug-likeness (QED) is 0.776. The average Bonchev–Trinajstić information content (AvgIpc) is 2.42. The zero-order valence-electron chi connectivity index (χ0n) is 10.8. The van der Waals surface area contributed by atoms with E-state index in [1.807, 2.05) is 41.3 Å². The van der Waals surface area contributed by atoms with Crippen molar-refractivity contribution in [2.75, 3.05) is 4.90 Å². The summed E-state index contributed by atoms with van der Waals surface area (Å²) >= 11 is 9.49. The fourth-order valence-electron chi connectivity index (χ4n) is 2.52. The number of carbonyl (C=O) groups excluding carboxylic acids is 1. The van der Waals surface area contributed by atoms with Crippen molar-refractivity contribution >= 4 is 39.1 Å². The minimum absolute atomic E-state index is 0.166. The van der Waals surface area contributed by atoms with Gasteiger partial charge in [0, 0.05) is 21.6 Å². The predicted molar refractivity (Wildman–Crippen MR) is 85.1 cm³/mol. The molecular formula is C16H13BrClNO. The summed E-state index contributed by atoms with van der Waals surface area (Å²) in [4.78, 5) is 14.1. The number of halogens is 2. The van der Waals surface area contributed by atoms with Gasteiger partial charge in [-0.2, -0.15) is 0 Å². The molecule has 1 aliphatic heterocycles. The Bertz CT molecular complexity index is 671. The Morgan fingerprint density at radius 1 is 1.15 bits per heavy atom. The lowest BCUT2D eigenvalue weighted by Gasteiger charge is -2.29. The number of aryl methyl sites for hydroxylation is 1. The topological polar surface area (TPSA) is 20.3 Å². The highest BCUT2D eigenvalue weighted by Crippen LogP contribution is 2.31. The summed E-state index contributed by atoms with van der Waals surface area (Å²) in [5, 5.41) is 0.697. The van der Waals surface area contributed by atoms with E-state index in [0.717, 1.165) is 22.1 Å². The molecule has 1 amide bonds. The van der Waals surface area contributed by atoms with E-state index in [1.54, 1.807) is 0 Å². The Labute approximate surface area is 131 Å². The highest BCUT2D eigenvalue weighted by molar-refractivity contribution is 9.10. The zero-order valence-corrected chi connectivity index (χ0v) is 13.1.